The second-order valence-corrected chi connectivity index (χ2v) is 3.53. The fraction of sp³-hybridized carbons (Fsp3) is 0.0714. The zero-order valence-corrected chi connectivity index (χ0v) is 9.68. The minimum absolute atomic E-state index is 0.339. The van der Waals surface area contributed by atoms with Crippen molar-refractivity contribution in [2.45, 2.75) is 0 Å². The van der Waals surface area contributed by atoms with Crippen molar-refractivity contribution in [1.82, 2.24) is 0 Å². The van der Waals surface area contributed by atoms with Crippen LogP contribution in [-0.2, 0) is 0 Å². The molecule has 0 unspecified atom stereocenters. The molecule has 2 aromatic rings. The Morgan fingerprint density at radius 1 is 1.06 bits per heavy atom. The van der Waals surface area contributed by atoms with Crippen LogP contribution >= 0.6 is 0 Å². The first-order chi connectivity index (χ1) is 8.72. The summed E-state index contributed by atoms with van der Waals surface area (Å²) in [6, 6.07) is 12.5. The second kappa shape index (κ2) is 5.19. The zero-order valence-electron chi connectivity index (χ0n) is 9.68. The predicted molar refractivity (Wildman–Crippen MR) is 64.2 cm³/mol. The highest BCUT2D eigenvalue weighted by atomic mass is 19.1. The van der Waals surface area contributed by atoms with Gasteiger partial charge in [0.2, 0.25) is 0 Å². The molecule has 90 valence electrons. The lowest BCUT2D eigenvalue weighted by Gasteiger charge is -2.08. The first-order valence-corrected chi connectivity index (χ1v) is 5.24. The number of nitriles is 1. The average Bonchev–Trinajstić information content (AvgIpc) is 2.41. The van der Waals surface area contributed by atoms with Gasteiger partial charge in [-0.15, -0.1) is 0 Å². The molecule has 2 rings (SSSR count). The van der Waals surface area contributed by atoms with E-state index in [0.717, 1.165) is 0 Å². The Kier molecular flexibility index (Phi) is 3.44. The van der Waals surface area contributed by atoms with Gasteiger partial charge in [0.15, 0.2) is 0 Å². The van der Waals surface area contributed by atoms with E-state index in [2.05, 4.69) is 0 Å². The number of ether oxygens (including phenoxy) is 2. The molecule has 0 aromatic heterocycles. The van der Waals surface area contributed by atoms with E-state index in [0.29, 0.717) is 22.8 Å². The van der Waals surface area contributed by atoms with E-state index in [4.69, 9.17) is 14.7 Å². The molecule has 0 fully saturated rings. The van der Waals surface area contributed by atoms with Crippen molar-refractivity contribution >= 4 is 0 Å². The van der Waals surface area contributed by atoms with Crippen LogP contribution in [0.15, 0.2) is 42.5 Å². The molecule has 4 heteroatoms. The van der Waals surface area contributed by atoms with Gasteiger partial charge >= 0.3 is 0 Å². The van der Waals surface area contributed by atoms with Crippen LogP contribution in [-0.4, -0.2) is 7.11 Å². The summed E-state index contributed by atoms with van der Waals surface area (Å²) in [5, 5.41) is 8.97. The molecule has 0 aliphatic carbocycles. The molecule has 0 spiro atoms. The second-order valence-electron chi connectivity index (χ2n) is 3.53. The topological polar surface area (TPSA) is 42.2 Å². The van der Waals surface area contributed by atoms with E-state index in [-0.39, 0.29) is 5.82 Å². The number of nitrogens with zero attached hydrogens (tertiary/aromatic N) is 1. The normalized spacial score (nSPS) is 9.61. The monoisotopic (exact) mass is 243 g/mol. The van der Waals surface area contributed by atoms with Crippen molar-refractivity contribution in [2.24, 2.45) is 0 Å². The summed E-state index contributed by atoms with van der Waals surface area (Å²) < 4.78 is 23.4. The highest BCUT2D eigenvalue weighted by molar-refractivity contribution is 5.49. The molecule has 18 heavy (non-hydrogen) atoms. The van der Waals surface area contributed by atoms with Crippen molar-refractivity contribution in [2.75, 3.05) is 7.11 Å². The summed E-state index contributed by atoms with van der Waals surface area (Å²) in [5.74, 6) is 1.09. The van der Waals surface area contributed by atoms with E-state index in [1.807, 2.05) is 6.07 Å². The maximum Gasteiger partial charge on any atom is 0.148 e. The molecule has 3 nitrogen and oxygen atoms in total. The van der Waals surface area contributed by atoms with Gasteiger partial charge in [0.25, 0.3) is 0 Å². The molecular weight excluding hydrogens is 233 g/mol. The lowest BCUT2D eigenvalue weighted by Crippen LogP contribution is -1.90. The van der Waals surface area contributed by atoms with Gasteiger partial charge in [-0.05, 0) is 36.4 Å². The Balaban J connectivity index is 2.32. The molecule has 0 bridgehead atoms. The van der Waals surface area contributed by atoms with E-state index in [1.165, 1.54) is 31.4 Å². The molecule has 0 amide bonds. The van der Waals surface area contributed by atoms with Crippen LogP contribution in [0, 0.1) is 17.1 Å². The zero-order chi connectivity index (χ0) is 13.0. The lowest BCUT2D eigenvalue weighted by atomic mass is 10.2. The van der Waals surface area contributed by atoms with Crippen LogP contribution in [0.3, 0.4) is 0 Å². The largest absolute Gasteiger partial charge is 0.497 e. The first-order valence-electron chi connectivity index (χ1n) is 5.24. The quantitative estimate of drug-likeness (QED) is 0.828. The van der Waals surface area contributed by atoms with Crippen LogP contribution < -0.4 is 9.47 Å². The van der Waals surface area contributed by atoms with Crippen LogP contribution in [0.25, 0.3) is 0 Å². The smallest absolute Gasteiger partial charge is 0.148 e. The van der Waals surface area contributed by atoms with Gasteiger partial charge in [-0.2, -0.15) is 5.26 Å². The van der Waals surface area contributed by atoms with Gasteiger partial charge in [-0.1, -0.05) is 0 Å². The highest BCUT2D eigenvalue weighted by Gasteiger charge is 2.06. The van der Waals surface area contributed by atoms with Crippen molar-refractivity contribution in [3.63, 3.8) is 0 Å². The highest BCUT2D eigenvalue weighted by Crippen LogP contribution is 2.28. The molecule has 0 saturated heterocycles. The molecule has 0 atom stereocenters. The van der Waals surface area contributed by atoms with Gasteiger partial charge in [-0.25, -0.2) is 4.39 Å². The van der Waals surface area contributed by atoms with Crippen LogP contribution in [0.4, 0.5) is 4.39 Å². The molecule has 0 saturated carbocycles. The molecule has 0 aliphatic heterocycles. The summed E-state index contributed by atoms with van der Waals surface area (Å²) in [5.41, 5.74) is 0.389. The van der Waals surface area contributed by atoms with Crippen molar-refractivity contribution in [3.8, 4) is 23.3 Å². The van der Waals surface area contributed by atoms with Crippen LogP contribution in [0.5, 0.6) is 17.2 Å². The van der Waals surface area contributed by atoms with Gasteiger partial charge in [0.05, 0.1) is 12.7 Å². The maximum absolute atomic E-state index is 12.8. The minimum atomic E-state index is -0.339. The number of methoxy groups -OCH3 is 1. The van der Waals surface area contributed by atoms with Crippen molar-refractivity contribution in [3.05, 3.63) is 53.8 Å². The third-order valence-corrected chi connectivity index (χ3v) is 2.35. The SMILES string of the molecule is COc1ccc(C#N)c(Oc2ccc(F)cc2)c1. The van der Waals surface area contributed by atoms with Crippen molar-refractivity contribution < 1.29 is 13.9 Å². The minimum Gasteiger partial charge on any atom is -0.497 e. The Morgan fingerprint density at radius 2 is 1.72 bits per heavy atom. The summed E-state index contributed by atoms with van der Waals surface area (Å²) in [6.45, 7) is 0. The van der Waals surface area contributed by atoms with Crippen molar-refractivity contribution in [1.29, 1.82) is 5.26 Å². The maximum atomic E-state index is 12.8. The fourth-order valence-corrected chi connectivity index (χ4v) is 1.44. The summed E-state index contributed by atoms with van der Waals surface area (Å²) in [4.78, 5) is 0. The fourth-order valence-electron chi connectivity index (χ4n) is 1.44. The summed E-state index contributed by atoms with van der Waals surface area (Å²) in [7, 11) is 1.53. The molecule has 0 heterocycles. The van der Waals surface area contributed by atoms with Gasteiger partial charge in [0.1, 0.15) is 29.1 Å². The number of hydrogen-bond donors (Lipinski definition) is 0. The predicted octanol–water partition coefficient (Wildman–Crippen LogP) is 3.50. The number of halogens is 1. The van der Waals surface area contributed by atoms with Crippen LogP contribution in [0.2, 0.25) is 0 Å². The van der Waals surface area contributed by atoms with Gasteiger partial charge in [0, 0.05) is 6.07 Å². The molecule has 2 aromatic carbocycles. The Hall–Kier alpha value is -2.54. The Morgan fingerprint density at radius 3 is 2.33 bits per heavy atom. The molecule has 0 aliphatic rings. The average molecular weight is 243 g/mol. The summed E-state index contributed by atoms with van der Waals surface area (Å²) >= 11 is 0. The molecular formula is C14H10FNO2. The molecule has 0 N–H and O–H groups in total. The number of rotatable bonds is 3. The van der Waals surface area contributed by atoms with Gasteiger partial charge < -0.3 is 9.47 Å². The third-order valence-electron chi connectivity index (χ3n) is 2.35. The van der Waals surface area contributed by atoms with E-state index < -0.39 is 0 Å². The van der Waals surface area contributed by atoms with Crippen LogP contribution in [0.1, 0.15) is 5.56 Å². The van der Waals surface area contributed by atoms with E-state index >= 15 is 0 Å². The number of hydrogen-bond acceptors (Lipinski definition) is 3. The number of benzene rings is 2. The Bertz CT molecular complexity index is 588. The van der Waals surface area contributed by atoms with E-state index in [1.54, 1.807) is 18.2 Å². The summed E-state index contributed by atoms with van der Waals surface area (Å²) in [6.07, 6.45) is 0. The Labute approximate surface area is 104 Å². The van der Waals surface area contributed by atoms with E-state index in [9.17, 15) is 4.39 Å². The molecule has 0 radical (unpaired) electrons. The first kappa shape index (κ1) is 11.9. The van der Waals surface area contributed by atoms with Gasteiger partial charge in [-0.3, -0.25) is 0 Å². The third kappa shape index (κ3) is 2.58. The standard InChI is InChI=1S/C14H10FNO2/c1-17-13-5-2-10(9-16)14(8-13)18-12-6-3-11(15)4-7-12/h2-8H,1H3. The lowest BCUT2D eigenvalue weighted by molar-refractivity contribution is 0.408.